The van der Waals surface area contributed by atoms with E-state index in [2.05, 4.69) is 9.72 Å². The number of thiazole rings is 1. The van der Waals surface area contributed by atoms with Crippen LogP contribution in [0.1, 0.15) is 16.0 Å². The maximum absolute atomic E-state index is 11.4. The zero-order chi connectivity index (χ0) is 21.0. The number of carbonyl (C=O) groups excluding carboxylic acids is 1. The van der Waals surface area contributed by atoms with Gasteiger partial charge in [-0.3, -0.25) is 14.6 Å². The smallest absolute Gasteiger partial charge is 0.322 e. The maximum Gasteiger partial charge on any atom is 0.322 e. The van der Waals surface area contributed by atoms with Gasteiger partial charge in [-0.05, 0) is 41.8 Å². The monoisotopic (exact) mass is 415 g/mol. The molecule has 3 aromatic rings. The van der Waals surface area contributed by atoms with Crippen molar-refractivity contribution in [1.29, 1.82) is 0 Å². The molecular weight excluding hydrogens is 394 g/mol. The fraction of sp³-hybridized carbons (Fsp3) is 0.200. The number of ether oxygens (including phenoxy) is 2. The van der Waals surface area contributed by atoms with Crippen molar-refractivity contribution in [1.82, 2.24) is 4.98 Å². The number of aromatic hydroxyl groups is 1. The van der Waals surface area contributed by atoms with Crippen LogP contribution >= 0.6 is 11.3 Å². The van der Waals surface area contributed by atoms with Crippen LogP contribution in [0.4, 0.5) is 5.69 Å². The van der Waals surface area contributed by atoms with E-state index in [4.69, 9.17) is 16.2 Å². The van der Waals surface area contributed by atoms with Crippen LogP contribution in [0, 0.1) is 0 Å². The molecule has 6 N–H and O–H groups in total. The molecule has 1 unspecified atom stereocenters. The van der Waals surface area contributed by atoms with Crippen molar-refractivity contribution in [3.05, 3.63) is 68.1 Å². The van der Waals surface area contributed by atoms with E-state index in [1.54, 1.807) is 24.3 Å². The molecule has 0 saturated heterocycles. The Kier molecular flexibility index (Phi) is 6.20. The number of hydrogen-bond donors (Lipinski definition) is 4. The number of esters is 1. The maximum atomic E-state index is 11.4. The number of rotatable bonds is 7. The summed E-state index contributed by atoms with van der Waals surface area (Å²) in [5.74, 6) is 0.491. The first-order valence-corrected chi connectivity index (χ1v) is 9.57. The van der Waals surface area contributed by atoms with Gasteiger partial charge in [-0.1, -0.05) is 29.5 Å². The van der Waals surface area contributed by atoms with Crippen molar-refractivity contribution in [3.63, 3.8) is 0 Å². The quantitative estimate of drug-likeness (QED) is 0.342. The summed E-state index contributed by atoms with van der Waals surface area (Å²) in [6, 6.07) is 11.7. The molecule has 9 heteroatoms. The Bertz CT molecular complexity index is 1060. The van der Waals surface area contributed by atoms with Gasteiger partial charge in [0.25, 0.3) is 0 Å². The van der Waals surface area contributed by atoms with Crippen molar-refractivity contribution in [2.75, 3.05) is 12.8 Å². The van der Waals surface area contributed by atoms with Crippen LogP contribution in [0.5, 0.6) is 17.4 Å². The number of H-pyrrole nitrogens is 1. The van der Waals surface area contributed by atoms with E-state index in [1.807, 2.05) is 18.2 Å². The van der Waals surface area contributed by atoms with Crippen LogP contribution in [0.2, 0.25) is 0 Å². The molecule has 0 bridgehead atoms. The molecule has 0 amide bonds. The highest BCUT2D eigenvalue weighted by Crippen LogP contribution is 2.30. The number of benzene rings is 2. The highest BCUT2D eigenvalue weighted by Gasteiger charge is 2.14. The van der Waals surface area contributed by atoms with Crippen molar-refractivity contribution in [2.45, 2.75) is 18.9 Å². The second kappa shape index (κ2) is 8.80. The average Bonchev–Trinajstić information content (AvgIpc) is 3.01. The fourth-order valence-corrected chi connectivity index (χ4v) is 3.53. The fourth-order valence-electron chi connectivity index (χ4n) is 2.77. The SMILES string of the molecule is COC(=O)C(N)Cc1ccc(Oc2ccc(Cc3sc(=O)[nH]c3O)cc2N)cc1. The molecule has 0 saturated carbocycles. The van der Waals surface area contributed by atoms with Gasteiger partial charge in [0, 0.05) is 6.42 Å². The van der Waals surface area contributed by atoms with Crippen LogP contribution in [-0.4, -0.2) is 29.2 Å². The first-order valence-electron chi connectivity index (χ1n) is 8.75. The number of carbonyl (C=O) groups is 1. The normalized spacial score (nSPS) is 11.8. The Hall–Kier alpha value is -3.30. The predicted molar refractivity (Wildman–Crippen MR) is 110 cm³/mol. The van der Waals surface area contributed by atoms with Crippen LogP contribution in [-0.2, 0) is 22.4 Å². The Labute approximate surface area is 170 Å². The van der Waals surface area contributed by atoms with Crippen molar-refractivity contribution in [3.8, 4) is 17.4 Å². The highest BCUT2D eigenvalue weighted by atomic mass is 32.1. The molecule has 3 rings (SSSR count). The lowest BCUT2D eigenvalue weighted by Gasteiger charge is -2.12. The molecule has 0 spiro atoms. The molecule has 1 heterocycles. The Balaban J connectivity index is 1.66. The standard InChI is InChI=1S/C20H21N3O5S/c1-27-19(25)15(22)8-11-2-5-13(6-3-11)28-16-7-4-12(9-14(16)21)10-17-18(24)23-20(26)29-17/h2-7,9,15,24H,8,10,21-22H2,1H3,(H,23,26). The van der Waals surface area contributed by atoms with E-state index in [0.29, 0.717) is 34.9 Å². The molecule has 0 aliphatic heterocycles. The molecule has 152 valence electrons. The molecule has 2 aromatic carbocycles. The van der Waals surface area contributed by atoms with Crippen LogP contribution in [0.25, 0.3) is 0 Å². The molecule has 1 atom stereocenters. The van der Waals surface area contributed by atoms with Gasteiger partial charge < -0.3 is 26.0 Å². The van der Waals surface area contributed by atoms with E-state index >= 15 is 0 Å². The number of nitrogen functional groups attached to an aromatic ring is 1. The first kappa shape index (κ1) is 20.4. The predicted octanol–water partition coefficient (Wildman–Crippen LogP) is 2.15. The summed E-state index contributed by atoms with van der Waals surface area (Å²) in [5, 5.41) is 9.70. The Morgan fingerprint density at radius 1 is 1.21 bits per heavy atom. The number of methoxy groups -OCH3 is 1. The summed E-state index contributed by atoms with van der Waals surface area (Å²) >= 11 is 0.959. The number of hydrogen-bond acceptors (Lipinski definition) is 8. The van der Waals surface area contributed by atoms with Gasteiger partial charge >= 0.3 is 10.8 Å². The number of nitrogens with one attached hydrogen (secondary N) is 1. The molecule has 0 aliphatic rings. The van der Waals surface area contributed by atoms with Gasteiger partial charge in [0.2, 0.25) is 5.88 Å². The summed E-state index contributed by atoms with van der Waals surface area (Å²) in [4.78, 5) is 25.3. The van der Waals surface area contributed by atoms with Gasteiger partial charge in [0.1, 0.15) is 17.5 Å². The van der Waals surface area contributed by atoms with Gasteiger partial charge in [-0.25, -0.2) is 0 Å². The second-order valence-corrected chi connectivity index (χ2v) is 7.48. The van der Waals surface area contributed by atoms with Gasteiger partial charge in [0.05, 0.1) is 17.7 Å². The Morgan fingerprint density at radius 2 is 1.90 bits per heavy atom. The molecule has 0 fully saturated rings. The highest BCUT2D eigenvalue weighted by molar-refractivity contribution is 7.09. The summed E-state index contributed by atoms with van der Waals surface area (Å²) in [6.07, 6.45) is 0.747. The lowest BCUT2D eigenvalue weighted by atomic mass is 10.1. The summed E-state index contributed by atoms with van der Waals surface area (Å²) in [6.45, 7) is 0. The summed E-state index contributed by atoms with van der Waals surface area (Å²) in [7, 11) is 1.30. The minimum Gasteiger partial charge on any atom is -0.494 e. The van der Waals surface area contributed by atoms with E-state index < -0.39 is 12.0 Å². The third kappa shape index (κ3) is 5.15. The van der Waals surface area contributed by atoms with Gasteiger partial charge in [-0.2, -0.15) is 0 Å². The zero-order valence-electron chi connectivity index (χ0n) is 15.7. The number of aromatic amines is 1. The van der Waals surface area contributed by atoms with E-state index in [1.165, 1.54) is 7.11 Å². The molecular formula is C20H21N3O5S. The van der Waals surface area contributed by atoms with Gasteiger partial charge in [-0.15, -0.1) is 0 Å². The summed E-state index contributed by atoms with van der Waals surface area (Å²) < 4.78 is 10.4. The van der Waals surface area contributed by atoms with Crippen molar-refractivity contribution >= 4 is 23.0 Å². The van der Waals surface area contributed by atoms with Crippen LogP contribution in [0.3, 0.4) is 0 Å². The van der Waals surface area contributed by atoms with E-state index in [0.717, 1.165) is 22.5 Å². The third-order valence-electron chi connectivity index (χ3n) is 4.25. The number of nitrogens with two attached hydrogens (primary N) is 2. The number of aromatic nitrogens is 1. The molecule has 29 heavy (non-hydrogen) atoms. The molecule has 8 nitrogen and oxygen atoms in total. The lowest BCUT2D eigenvalue weighted by Crippen LogP contribution is -2.33. The zero-order valence-corrected chi connectivity index (χ0v) is 16.5. The minimum atomic E-state index is -0.715. The van der Waals surface area contributed by atoms with Crippen molar-refractivity contribution < 1.29 is 19.4 Å². The largest absolute Gasteiger partial charge is 0.494 e. The van der Waals surface area contributed by atoms with Crippen LogP contribution < -0.4 is 21.1 Å². The second-order valence-electron chi connectivity index (χ2n) is 6.42. The average molecular weight is 415 g/mol. The topological polar surface area (TPSA) is 141 Å². The Morgan fingerprint density at radius 3 is 2.48 bits per heavy atom. The van der Waals surface area contributed by atoms with Crippen LogP contribution in [0.15, 0.2) is 47.3 Å². The van der Waals surface area contributed by atoms with E-state index in [9.17, 15) is 14.7 Å². The lowest BCUT2D eigenvalue weighted by molar-refractivity contribution is -0.142. The van der Waals surface area contributed by atoms with E-state index in [-0.39, 0.29) is 10.8 Å². The minimum absolute atomic E-state index is 0.120. The van der Waals surface area contributed by atoms with Crippen molar-refractivity contribution in [2.24, 2.45) is 5.73 Å². The molecule has 1 aromatic heterocycles. The summed E-state index contributed by atoms with van der Waals surface area (Å²) in [5.41, 5.74) is 14.0. The first-order chi connectivity index (χ1) is 13.9. The van der Waals surface area contributed by atoms with Gasteiger partial charge in [0.15, 0.2) is 0 Å². The molecule has 0 aliphatic carbocycles. The third-order valence-corrected chi connectivity index (χ3v) is 5.12. The number of anilines is 1. The molecule has 0 radical (unpaired) electrons.